The predicted molar refractivity (Wildman–Crippen MR) is 53.6 cm³/mol. The van der Waals surface area contributed by atoms with Gasteiger partial charge in [-0.25, -0.2) is 19.2 Å². The highest BCUT2D eigenvalue weighted by atomic mass is 19.1. The molecule has 0 aliphatic heterocycles. The number of aryl methyl sites for hydroxylation is 1. The first kappa shape index (κ1) is 12.3. The van der Waals surface area contributed by atoms with Crippen molar-refractivity contribution in [2.75, 3.05) is 19.0 Å². The van der Waals surface area contributed by atoms with E-state index in [1.807, 2.05) is 0 Å². The number of hydrogen-bond acceptors (Lipinski definition) is 5. The van der Waals surface area contributed by atoms with Crippen LogP contribution >= 0.6 is 0 Å². The molecule has 1 atom stereocenters. The van der Waals surface area contributed by atoms with Crippen LogP contribution in [0.4, 0.5) is 10.2 Å². The van der Waals surface area contributed by atoms with Gasteiger partial charge in [0.15, 0.2) is 11.6 Å². The van der Waals surface area contributed by atoms with Crippen LogP contribution in [-0.4, -0.2) is 40.8 Å². The highest BCUT2D eigenvalue weighted by molar-refractivity contribution is 5.77. The van der Waals surface area contributed by atoms with Crippen molar-refractivity contribution in [2.24, 2.45) is 0 Å². The van der Waals surface area contributed by atoms with Crippen LogP contribution in [0.5, 0.6) is 0 Å². The first-order valence-corrected chi connectivity index (χ1v) is 4.51. The number of hydrogen-bond donors (Lipinski definition) is 2. The third-order valence-electron chi connectivity index (χ3n) is 1.91. The van der Waals surface area contributed by atoms with Crippen molar-refractivity contribution in [1.29, 1.82) is 0 Å². The SMILES string of the molecule is COCC(Nc1ncnc(C)c1F)C(=O)O. The molecule has 0 saturated heterocycles. The van der Waals surface area contributed by atoms with Crippen molar-refractivity contribution in [3.8, 4) is 0 Å². The van der Waals surface area contributed by atoms with Crippen LogP contribution in [0.25, 0.3) is 0 Å². The van der Waals surface area contributed by atoms with E-state index in [0.717, 1.165) is 6.33 Å². The van der Waals surface area contributed by atoms with E-state index in [1.165, 1.54) is 14.0 Å². The fourth-order valence-corrected chi connectivity index (χ4v) is 1.06. The maximum Gasteiger partial charge on any atom is 0.328 e. The number of nitrogens with zero attached hydrogens (tertiary/aromatic N) is 2. The zero-order valence-electron chi connectivity index (χ0n) is 8.90. The molecule has 1 rings (SSSR count). The van der Waals surface area contributed by atoms with Crippen LogP contribution in [0.3, 0.4) is 0 Å². The molecule has 0 aliphatic carbocycles. The molecule has 0 saturated carbocycles. The van der Waals surface area contributed by atoms with Crippen LogP contribution in [-0.2, 0) is 9.53 Å². The summed E-state index contributed by atoms with van der Waals surface area (Å²) >= 11 is 0. The third-order valence-corrected chi connectivity index (χ3v) is 1.91. The molecule has 0 spiro atoms. The largest absolute Gasteiger partial charge is 0.480 e. The fourth-order valence-electron chi connectivity index (χ4n) is 1.06. The molecule has 1 unspecified atom stereocenters. The molecule has 7 heteroatoms. The average molecular weight is 229 g/mol. The zero-order chi connectivity index (χ0) is 12.1. The van der Waals surface area contributed by atoms with E-state index in [0.29, 0.717) is 0 Å². The van der Waals surface area contributed by atoms with Gasteiger partial charge in [0.25, 0.3) is 0 Å². The lowest BCUT2D eigenvalue weighted by molar-refractivity contribution is -0.139. The number of carbonyl (C=O) groups is 1. The molecular weight excluding hydrogens is 217 g/mol. The molecule has 0 radical (unpaired) electrons. The Bertz CT molecular complexity index is 386. The monoisotopic (exact) mass is 229 g/mol. The standard InChI is InChI=1S/C9H12FN3O3/c1-5-7(10)8(12-4-11-5)13-6(3-16-2)9(14)15/h4,6H,3H2,1-2H3,(H,14,15)(H,11,12,13). The molecule has 6 nitrogen and oxygen atoms in total. The van der Waals surface area contributed by atoms with E-state index >= 15 is 0 Å². The molecule has 0 bridgehead atoms. The summed E-state index contributed by atoms with van der Waals surface area (Å²) in [4.78, 5) is 18.0. The molecule has 1 heterocycles. The summed E-state index contributed by atoms with van der Waals surface area (Å²) in [5.74, 6) is -1.95. The Morgan fingerprint density at radius 2 is 2.38 bits per heavy atom. The zero-order valence-corrected chi connectivity index (χ0v) is 8.90. The lowest BCUT2D eigenvalue weighted by Gasteiger charge is -2.14. The molecule has 0 aromatic carbocycles. The van der Waals surface area contributed by atoms with Crippen LogP contribution in [0.2, 0.25) is 0 Å². The summed E-state index contributed by atoms with van der Waals surface area (Å²) in [6.45, 7) is 1.38. The van der Waals surface area contributed by atoms with Gasteiger partial charge in [-0.3, -0.25) is 0 Å². The van der Waals surface area contributed by atoms with Crippen molar-refractivity contribution < 1.29 is 19.0 Å². The summed E-state index contributed by atoms with van der Waals surface area (Å²) in [6.07, 6.45) is 1.16. The summed E-state index contributed by atoms with van der Waals surface area (Å²) < 4.78 is 18.1. The lowest BCUT2D eigenvalue weighted by Crippen LogP contribution is -2.34. The third kappa shape index (κ3) is 2.86. The normalized spacial score (nSPS) is 12.2. The number of nitrogens with one attached hydrogen (secondary N) is 1. The quantitative estimate of drug-likeness (QED) is 0.762. The molecule has 1 aromatic rings. The van der Waals surface area contributed by atoms with Crippen LogP contribution in [0, 0.1) is 12.7 Å². The lowest BCUT2D eigenvalue weighted by atomic mass is 10.3. The highest BCUT2D eigenvalue weighted by Crippen LogP contribution is 2.12. The Morgan fingerprint density at radius 3 is 2.94 bits per heavy atom. The first-order chi connectivity index (χ1) is 7.56. The second kappa shape index (κ2) is 5.36. The fraction of sp³-hybridized carbons (Fsp3) is 0.444. The minimum absolute atomic E-state index is 0.0855. The molecule has 0 amide bonds. The van der Waals surface area contributed by atoms with Crippen molar-refractivity contribution in [3.63, 3.8) is 0 Å². The van der Waals surface area contributed by atoms with Gasteiger partial charge in [0.1, 0.15) is 12.4 Å². The Hall–Kier alpha value is -1.76. The predicted octanol–water partition coefficient (Wildman–Crippen LogP) is 0.436. The average Bonchev–Trinajstić information content (AvgIpc) is 2.23. The number of rotatable bonds is 5. The van der Waals surface area contributed by atoms with E-state index < -0.39 is 17.8 Å². The number of methoxy groups -OCH3 is 1. The molecule has 0 fully saturated rings. The molecular formula is C9H12FN3O3. The second-order valence-electron chi connectivity index (χ2n) is 3.11. The summed E-state index contributed by atoms with van der Waals surface area (Å²) in [6, 6.07) is -1.05. The minimum Gasteiger partial charge on any atom is -0.480 e. The Morgan fingerprint density at radius 1 is 1.69 bits per heavy atom. The van der Waals surface area contributed by atoms with E-state index in [4.69, 9.17) is 9.84 Å². The van der Waals surface area contributed by atoms with E-state index in [9.17, 15) is 9.18 Å². The van der Waals surface area contributed by atoms with Gasteiger partial charge in [-0.15, -0.1) is 0 Å². The van der Waals surface area contributed by atoms with Gasteiger partial charge in [0.05, 0.1) is 12.3 Å². The van der Waals surface area contributed by atoms with Crippen molar-refractivity contribution >= 4 is 11.8 Å². The highest BCUT2D eigenvalue weighted by Gasteiger charge is 2.19. The topological polar surface area (TPSA) is 84.3 Å². The molecule has 2 N–H and O–H groups in total. The molecule has 0 aliphatic rings. The van der Waals surface area contributed by atoms with Crippen LogP contribution < -0.4 is 5.32 Å². The van der Waals surface area contributed by atoms with Gasteiger partial charge in [-0.2, -0.15) is 0 Å². The number of aliphatic carboxylic acids is 1. The van der Waals surface area contributed by atoms with Gasteiger partial charge in [-0.05, 0) is 6.92 Å². The first-order valence-electron chi connectivity index (χ1n) is 4.51. The van der Waals surface area contributed by atoms with Gasteiger partial charge in [0.2, 0.25) is 0 Å². The Kier molecular flexibility index (Phi) is 4.12. The Labute approximate surface area is 91.5 Å². The summed E-state index contributed by atoms with van der Waals surface area (Å²) in [5.41, 5.74) is 0.152. The van der Waals surface area contributed by atoms with Gasteiger partial charge < -0.3 is 15.2 Å². The van der Waals surface area contributed by atoms with Crippen LogP contribution in [0.1, 0.15) is 5.69 Å². The number of anilines is 1. The van der Waals surface area contributed by atoms with Crippen molar-refractivity contribution in [2.45, 2.75) is 13.0 Å². The van der Waals surface area contributed by atoms with Gasteiger partial charge in [0, 0.05) is 7.11 Å². The Balaban J connectivity index is 2.85. The van der Waals surface area contributed by atoms with Crippen molar-refractivity contribution in [3.05, 3.63) is 17.8 Å². The number of ether oxygens (including phenoxy) is 1. The smallest absolute Gasteiger partial charge is 0.328 e. The molecule has 1 aromatic heterocycles. The minimum atomic E-state index is -1.14. The summed E-state index contributed by atoms with van der Waals surface area (Å²) in [7, 11) is 1.36. The van der Waals surface area contributed by atoms with Crippen molar-refractivity contribution in [1.82, 2.24) is 9.97 Å². The van der Waals surface area contributed by atoms with E-state index in [2.05, 4.69) is 15.3 Å². The van der Waals surface area contributed by atoms with Gasteiger partial charge in [-0.1, -0.05) is 0 Å². The van der Waals surface area contributed by atoms with E-state index in [1.54, 1.807) is 0 Å². The maximum absolute atomic E-state index is 13.4. The van der Waals surface area contributed by atoms with E-state index in [-0.39, 0.29) is 18.1 Å². The second-order valence-corrected chi connectivity index (χ2v) is 3.11. The maximum atomic E-state index is 13.4. The number of carboxylic acid groups (broad SMARTS) is 1. The van der Waals surface area contributed by atoms with Crippen LogP contribution in [0.15, 0.2) is 6.33 Å². The number of carboxylic acids is 1. The molecule has 16 heavy (non-hydrogen) atoms. The molecule has 88 valence electrons. The van der Waals surface area contributed by atoms with Gasteiger partial charge >= 0.3 is 5.97 Å². The number of aromatic nitrogens is 2. The number of halogens is 1. The summed E-state index contributed by atoms with van der Waals surface area (Å²) in [5, 5.41) is 11.3.